The number of pyridine rings is 1. The van der Waals surface area contributed by atoms with E-state index in [2.05, 4.69) is 22.3 Å². The van der Waals surface area contributed by atoms with E-state index >= 15 is 0 Å². The van der Waals surface area contributed by atoms with Gasteiger partial charge in [-0.05, 0) is 25.0 Å². The van der Waals surface area contributed by atoms with Gasteiger partial charge in [0.25, 0.3) is 5.56 Å². The second-order valence-electron chi connectivity index (χ2n) is 7.28. The van der Waals surface area contributed by atoms with Gasteiger partial charge in [-0.2, -0.15) is 0 Å². The molecule has 1 saturated heterocycles. The molecule has 0 radical (unpaired) electrons. The van der Waals surface area contributed by atoms with Gasteiger partial charge < -0.3 is 14.6 Å². The summed E-state index contributed by atoms with van der Waals surface area (Å²) < 4.78 is 7.51. The molecule has 1 aromatic carbocycles. The van der Waals surface area contributed by atoms with Crippen molar-refractivity contribution >= 4 is 5.91 Å². The predicted octanol–water partition coefficient (Wildman–Crippen LogP) is 1.95. The molecule has 0 bridgehead atoms. The Labute approximate surface area is 166 Å². The van der Waals surface area contributed by atoms with Gasteiger partial charge in [-0.25, -0.2) is 0 Å². The normalized spacial score (nSPS) is 17.4. The van der Waals surface area contributed by atoms with Crippen LogP contribution in [0.5, 0.6) is 0 Å². The number of ether oxygens (including phenoxy) is 1. The van der Waals surface area contributed by atoms with Crippen molar-refractivity contribution in [3.63, 3.8) is 0 Å². The number of morpholine rings is 1. The monoisotopic (exact) mass is 383 g/mol. The summed E-state index contributed by atoms with van der Waals surface area (Å²) in [5, 5.41) is 2.95. The Morgan fingerprint density at radius 3 is 2.79 bits per heavy atom. The molecule has 28 heavy (non-hydrogen) atoms. The fourth-order valence-electron chi connectivity index (χ4n) is 3.54. The van der Waals surface area contributed by atoms with Crippen LogP contribution in [0, 0.1) is 6.92 Å². The summed E-state index contributed by atoms with van der Waals surface area (Å²) in [6, 6.07) is 15.6. The first kappa shape index (κ1) is 20.3. The largest absolute Gasteiger partial charge is 0.375 e. The van der Waals surface area contributed by atoms with E-state index < -0.39 is 0 Å². The van der Waals surface area contributed by atoms with Crippen LogP contribution >= 0.6 is 0 Å². The molecule has 1 atom stereocenters. The third-order valence-corrected chi connectivity index (χ3v) is 5.03. The molecule has 1 fully saturated rings. The average molecular weight is 383 g/mol. The van der Waals surface area contributed by atoms with Gasteiger partial charge in [0, 0.05) is 44.5 Å². The Morgan fingerprint density at radius 2 is 2.00 bits per heavy atom. The summed E-state index contributed by atoms with van der Waals surface area (Å²) in [4.78, 5) is 26.4. The van der Waals surface area contributed by atoms with E-state index in [-0.39, 0.29) is 17.6 Å². The van der Waals surface area contributed by atoms with Gasteiger partial charge in [0.1, 0.15) is 0 Å². The number of benzene rings is 1. The Morgan fingerprint density at radius 1 is 1.18 bits per heavy atom. The molecule has 1 N–H and O–H groups in total. The van der Waals surface area contributed by atoms with Crippen molar-refractivity contribution in [2.45, 2.75) is 39.0 Å². The van der Waals surface area contributed by atoms with Crippen molar-refractivity contribution in [1.29, 1.82) is 0 Å². The molecule has 0 saturated carbocycles. The van der Waals surface area contributed by atoms with Gasteiger partial charge in [-0.1, -0.05) is 36.4 Å². The van der Waals surface area contributed by atoms with Crippen LogP contribution in [0.3, 0.4) is 0 Å². The number of nitrogens with zero attached hydrogens (tertiary/aromatic N) is 2. The maximum Gasteiger partial charge on any atom is 0.250 e. The van der Waals surface area contributed by atoms with Gasteiger partial charge in [-0.15, -0.1) is 0 Å². The molecule has 6 heteroatoms. The number of amides is 1. The minimum atomic E-state index is -0.0727. The van der Waals surface area contributed by atoms with Crippen molar-refractivity contribution in [1.82, 2.24) is 14.8 Å². The molecule has 0 unspecified atom stereocenters. The highest BCUT2D eigenvalue weighted by atomic mass is 16.5. The first-order valence-corrected chi connectivity index (χ1v) is 9.93. The van der Waals surface area contributed by atoms with E-state index in [1.54, 1.807) is 16.7 Å². The van der Waals surface area contributed by atoms with Gasteiger partial charge in [0.15, 0.2) is 0 Å². The molecule has 2 heterocycles. The Bertz CT molecular complexity index is 819. The summed E-state index contributed by atoms with van der Waals surface area (Å²) >= 11 is 0. The van der Waals surface area contributed by atoms with E-state index in [1.165, 1.54) is 5.56 Å². The SMILES string of the molecule is Cc1cccc(=O)n1CCCNC(=O)C[C@@H]1CN(Cc2ccccc2)CCO1. The van der Waals surface area contributed by atoms with Crippen LogP contribution in [0.1, 0.15) is 24.1 Å². The van der Waals surface area contributed by atoms with Crippen molar-refractivity contribution in [2.24, 2.45) is 0 Å². The minimum absolute atomic E-state index is 0.000407. The fraction of sp³-hybridized carbons (Fsp3) is 0.455. The van der Waals surface area contributed by atoms with Crippen LogP contribution in [0.15, 0.2) is 53.3 Å². The smallest absolute Gasteiger partial charge is 0.250 e. The number of carbonyl (C=O) groups excluding carboxylic acids is 1. The Hall–Kier alpha value is -2.44. The van der Waals surface area contributed by atoms with E-state index in [1.807, 2.05) is 31.2 Å². The predicted molar refractivity (Wildman–Crippen MR) is 109 cm³/mol. The maximum absolute atomic E-state index is 12.2. The molecule has 0 aliphatic carbocycles. The third kappa shape index (κ3) is 6.04. The fourth-order valence-corrected chi connectivity index (χ4v) is 3.54. The molecular formula is C22H29N3O3. The van der Waals surface area contributed by atoms with Crippen molar-refractivity contribution < 1.29 is 9.53 Å². The Kier molecular flexibility index (Phi) is 7.39. The maximum atomic E-state index is 12.2. The molecule has 150 valence electrons. The molecule has 1 aliphatic heterocycles. The van der Waals surface area contributed by atoms with Crippen LogP contribution < -0.4 is 10.9 Å². The summed E-state index contributed by atoms with van der Waals surface area (Å²) in [5.41, 5.74) is 2.22. The number of carbonyl (C=O) groups is 1. The van der Waals surface area contributed by atoms with Crippen molar-refractivity contribution in [3.8, 4) is 0 Å². The average Bonchev–Trinajstić information content (AvgIpc) is 2.68. The number of hydrogen-bond acceptors (Lipinski definition) is 4. The number of nitrogens with one attached hydrogen (secondary N) is 1. The zero-order valence-electron chi connectivity index (χ0n) is 16.5. The van der Waals surface area contributed by atoms with E-state index in [4.69, 9.17) is 4.74 Å². The highest BCUT2D eigenvalue weighted by Gasteiger charge is 2.22. The summed E-state index contributed by atoms with van der Waals surface area (Å²) in [6.07, 6.45) is 1.02. The van der Waals surface area contributed by atoms with E-state index in [0.717, 1.165) is 31.7 Å². The van der Waals surface area contributed by atoms with Crippen LogP contribution in [0.2, 0.25) is 0 Å². The molecular weight excluding hydrogens is 354 g/mol. The quantitative estimate of drug-likeness (QED) is 0.708. The number of hydrogen-bond donors (Lipinski definition) is 1. The molecule has 1 aromatic heterocycles. The summed E-state index contributed by atoms with van der Waals surface area (Å²) in [7, 11) is 0. The minimum Gasteiger partial charge on any atom is -0.375 e. The highest BCUT2D eigenvalue weighted by molar-refractivity contribution is 5.76. The second kappa shape index (κ2) is 10.2. The molecule has 6 nitrogen and oxygen atoms in total. The Balaban J connectivity index is 1.38. The van der Waals surface area contributed by atoms with Gasteiger partial charge in [0.05, 0.1) is 19.1 Å². The van der Waals surface area contributed by atoms with Crippen molar-refractivity contribution in [3.05, 3.63) is 70.1 Å². The molecule has 3 rings (SSSR count). The topological polar surface area (TPSA) is 63.6 Å². The van der Waals surface area contributed by atoms with Gasteiger partial charge in [0.2, 0.25) is 5.91 Å². The summed E-state index contributed by atoms with van der Waals surface area (Å²) in [5.74, 6) is 0.00342. The van der Waals surface area contributed by atoms with Gasteiger partial charge in [-0.3, -0.25) is 14.5 Å². The first-order chi connectivity index (χ1) is 13.6. The third-order valence-electron chi connectivity index (χ3n) is 5.03. The van der Waals surface area contributed by atoms with E-state index in [9.17, 15) is 9.59 Å². The number of rotatable bonds is 8. The van der Waals surface area contributed by atoms with Gasteiger partial charge >= 0.3 is 0 Å². The lowest BCUT2D eigenvalue weighted by Gasteiger charge is -2.32. The zero-order chi connectivity index (χ0) is 19.8. The van der Waals surface area contributed by atoms with Crippen molar-refractivity contribution in [2.75, 3.05) is 26.2 Å². The second-order valence-corrected chi connectivity index (χ2v) is 7.28. The highest BCUT2D eigenvalue weighted by Crippen LogP contribution is 2.12. The number of aromatic nitrogens is 1. The van der Waals surface area contributed by atoms with E-state index in [0.29, 0.717) is 26.1 Å². The molecule has 1 amide bonds. The van der Waals surface area contributed by atoms with Crippen LogP contribution in [0.25, 0.3) is 0 Å². The zero-order valence-corrected chi connectivity index (χ0v) is 16.5. The standard InChI is InChI=1S/C22H29N3O3/c1-18-7-5-10-22(27)25(18)12-6-11-23-21(26)15-20-17-24(13-14-28-20)16-19-8-3-2-4-9-19/h2-5,7-10,20H,6,11-17H2,1H3,(H,23,26)/t20-/m1/s1. The molecule has 0 spiro atoms. The lowest BCUT2D eigenvalue weighted by molar-refractivity contribution is -0.126. The molecule has 1 aliphatic rings. The van der Waals surface area contributed by atoms with Crippen LogP contribution in [-0.4, -0.2) is 47.7 Å². The lowest BCUT2D eigenvalue weighted by atomic mass is 10.1. The summed E-state index contributed by atoms with van der Waals surface area (Å²) in [6.45, 7) is 6.27. The van der Waals surface area contributed by atoms with Crippen LogP contribution in [-0.2, 0) is 22.6 Å². The molecule has 2 aromatic rings. The lowest BCUT2D eigenvalue weighted by Crippen LogP contribution is -2.44. The first-order valence-electron chi connectivity index (χ1n) is 9.93. The number of aryl methyl sites for hydroxylation is 1. The van der Waals surface area contributed by atoms with Crippen LogP contribution in [0.4, 0.5) is 0 Å².